The van der Waals surface area contributed by atoms with Crippen LogP contribution < -0.4 is 4.18 Å². The minimum absolute atomic E-state index is 0.0254. The summed E-state index contributed by atoms with van der Waals surface area (Å²) in [4.78, 5) is 16.3. The molecular weight excluding hydrogens is 375 g/mol. The van der Waals surface area contributed by atoms with Crippen LogP contribution in [0.25, 0.3) is 0 Å². The van der Waals surface area contributed by atoms with Gasteiger partial charge in [-0.25, -0.2) is 0 Å². The van der Waals surface area contributed by atoms with Crippen molar-refractivity contribution in [3.63, 3.8) is 0 Å². The maximum atomic E-state index is 12.5. The molecule has 0 bridgehead atoms. The maximum Gasteiger partial charge on any atom is 0.488 e. The molecule has 0 saturated carbocycles. The average Bonchev–Trinajstić information content (AvgIpc) is 2.63. The summed E-state index contributed by atoms with van der Waals surface area (Å²) in [6, 6.07) is 12.6. The van der Waals surface area contributed by atoms with Crippen molar-refractivity contribution in [1.29, 1.82) is 0 Å². The van der Waals surface area contributed by atoms with Crippen LogP contribution in [0.5, 0.6) is 11.5 Å². The Hall–Kier alpha value is -2.65. The second-order valence-electron chi connectivity index (χ2n) is 6.21. The average molecular weight is 394 g/mol. The van der Waals surface area contributed by atoms with Crippen molar-refractivity contribution in [2.45, 2.75) is 6.54 Å². The molecule has 1 heterocycles. The van der Waals surface area contributed by atoms with Gasteiger partial charge < -0.3 is 14.2 Å². The Kier molecular flexibility index (Phi) is 5.62. The minimum Gasteiger partial charge on any atom is -0.507 e. The lowest BCUT2D eigenvalue weighted by molar-refractivity contribution is 0.0625. The molecule has 9 heteroatoms. The molecule has 144 valence electrons. The standard InChI is InChI=1S/C18H19FN2O5S/c19-27(24,25)26-15-7-5-14(6-8-15)13-20-9-11-21(12-10-20)18(23)16-3-1-2-4-17(16)22/h1-8,22H,9-13H2. The van der Waals surface area contributed by atoms with Crippen LogP contribution in [0.4, 0.5) is 3.89 Å². The summed E-state index contributed by atoms with van der Waals surface area (Å²) in [5, 5.41) is 9.82. The number of phenolic OH excluding ortho intramolecular Hbond substituents is 1. The summed E-state index contributed by atoms with van der Waals surface area (Å²) >= 11 is 0. The Balaban J connectivity index is 1.54. The molecule has 1 fully saturated rings. The first-order valence-electron chi connectivity index (χ1n) is 8.34. The molecule has 0 spiro atoms. The Morgan fingerprint density at radius 1 is 1.04 bits per heavy atom. The summed E-state index contributed by atoms with van der Waals surface area (Å²) < 4.78 is 37.6. The normalized spacial score (nSPS) is 15.5. The van der Waals surface area contributed by atoms with Gasteiger partial charge in [-0.15, -0.1) is 0 Å². The van der Waals surface area contributed by atoms with Crippen LogP contribution >= 0.6 is 0 Å². The van der Waals surface area contributed by atoms with Gasteiger partial charge in [0.15, 0.2) is 0 Å². The topological polar surface area (TPSA) is 87.2 Å². The molecule has 2 aromatic carbocycles. The lowest BCUT2D eigenvalue weighted by Gasteiger charge is -2.34. The third-order valence-corrected chi connectivity index (χ3v) is 4.71. The molecule has 0 radical (unpaired) electrons. The van der Waals surface area contributed by atoms with Gasteiger partial charge in [-0.05, 0) is 29.8 Å². The number of carbonyl (C=O) groups is 1. The Morgan fingerprint density at radius 3 is 2.26 bits per heavy atom. The fraction of sp³-hybridized carbons (Fsp3) is 0.278. The van der Waals surface area contributed by atoms with Gasteiger partial charge in [-0.2, -0.15) is 8.42 Å². The predicted octanol–water partition coefficient (Wildman–Crippen LogP) is 1.94. The third kappa shape index (κ3) is 5.18. The van der Waals surface area contributed by atoms with E-state index in [9.17, 15) is 22.2 Å². The van der Waals surface area contributed by atoms with Gasteiger partial charge in [0.2, 0.25) is 0 Å². The molecule has 0 aliphatic carbocycles. The first kappa shape index (κ1) is 19.1. The fourth-order valence-electron chi connectivity index (χ4n) is 2.96. The van der Waals surface area contributed by atoms with Crippen molar-refractivity contribution in [3.05, 3.63) is 59.7 Å². The Labute approximate surface area is 157 Å². The first-order valence-corrected chi connectivity index (χ1v) is 9.65. The van der Waals surface area contributed by atoms with Crippen molar-refractivity contribution in [3.8, 4) is 11.5 Å². The van der Waals surface area contributed by atoms with Crippen molar-refractivity contribution in [2.24, 2.45) is 0 Å². The van der Waals surface area contributed by atoms with Gasteiger partial charge in [-0.3, -0.25) is 9.69 Å². The fourth-order valence-corrected chi connectivity index (χ4v) is 3.30. The molecule has 0 atom stereocenters. The number of aromatic hydroxyl groups is 1. The van der Waals surface area contributed by atoms with Crippen LogP contribution in [0.15, 0.2) is 48.5 Å². The van der Waals surface area contributed by atoms with E-state index < -0.39 is 10.5 Å². The summed E-state index contributed by atoms with van der Waals surface area (Å²) in [5.41, 5.74) is 1.21. The smallest absolute Gasteiger partial charge is 0.488 e. The van der Waals surface area contributed by atoms with Gasteiger partial charge in [0.25, 0.3) is 5.91 Å². The van der Waals surface area contributed by atoms with Crippen LogP contribution in [0, 0.1) is 0 Å². The molecule has 3 rings (SSSR count). The molecule has 1 amide bonds. The van der Waals surface area contributed by atoms with Crippen molar-refractivity contribution < 1.29 is 26.4 Å². The van der Waals surface area contributed by atoms with Crippen LogP contribution in [0.2, 0.25) is 0 Å². The van der Waals surface area contributed by atoms with Crippen LogP contribution in [-0.4, -0.2) is 55.4 Å². The number of hydrogen-bond acceptors (Lipinski definition) is 6. The Bertz CT molecular complexity index is 910. The van der Waals surface area contributed by atoms with Crippen LogP contribution in [0.1, 0.15) is 15.9 Å². The number of phenols is 1. The van der Waals surface area contributed by atoms with E-state index in [2.05, 4.69) is 9.08 Å². The van der Waals surface area contributed by atoms with E-state index in [0.29, 0.717) is 38.3 Å². The van der Waals surface area contributed by atoms with E-state index in [1.807, 2.05) is 0 Å². The highest BCUT2D eigenvalue weighted by Gasteiger charge is 2.23. The molecule has 1 saturated heterocycles. The van der Waals surface area contributed by atoms with E-state index in [1.165, 1.54) is 18.2 Å². The molecule has 7 nitrogen and oxygen atoms in total. The van der Waals surface area contributed by atoms with Crippen molar-refractivity contribution >= 4 is 16.4 Å². The number of hydrogen-bond donors (Lipinski definition) is 1. The summed E-state index contributed by atoms with van der Waals surface area (Å²) in [7, 11) is -5.02. The largest absolute Gasteiger partial charge is 0.507 e. The zero-order valence-corrected chi connectivity index (χ0v) is 15.2. The number of benzene rings is 2. The van der Waals surface area contributed by atoms with Crippen molar-refractivity contribution in [2.75, 3.05) is 26.2 Å². The molecule has 0 aromatic heterocycles. The number of rotatable bonds is 5. The van der Waals surface area contributed by atoms with E-state index in [1.54, 1.807) is 35.2 Å². The van der Waals surface area contributed by atoms with Gasteiger partial charge in [0.05, 0.1) is 5.56 Å². The SMILES string of the molecule is O=C(c1ccccc1O)N1CCN(Cc2ccc(OS(=O)(=O)F)cc2)CC1. The Morgan fingerprint density at radius 2 is 1.67 bits per heavy atom. The lowest BCUT2D eigenvalue weighted by Crippen LogP contribution is -2.48. The predicted molar refractivity (Wildman–Crippen MR) is 96.4 cm³/mol. The summed E-state index contributed by atoms with van der Waals surface area (Å²) in [5.74, 6) is -0.302. The molecule has 27 heavy (non-hydrogen) atoms. The van der Waals surface area contributed by atoms with E-state index >= 15 is 0 Å². The second-order valence-corrected chi connectivity index (χ2v) is 7.16. The lowest BCUT2D eigenvalue weighted by atomic mass is 10.1. The monoisotopic (exact) mass is 394 g/mol. The van der Waals surface area contributed by atoms with Crippen LogP contribution in [-0.2, 0) is 17.0 Å². The highest BCUT2D eigenvalue weighted by Crippen LogP contribution is 2.20. The van der Waals surface area contributed by atoms with Crippen molar-refractivity contribution in [1.82, 2.24) is 9.80 Å². The second kappa shape index (κ2) is 7.93. The van der Waals surface area contributed by atoms with Gasteiger partial charge >= 0.3 is 10.5 Å². The minimum atomic E-state index is -5.02. The number of piperazine rings is 1. The van der Waals surface area contributed by atoms with E-state index in [-0.39, 0.29) is 17.4 Å². The molecule has 2 aromatic rings. The number of para-hydroxylation sites is 1. The van der Waals surface area contributed by atoms with Gasteiger partial charge in [0.1, 0.15) is 11.5 Å². The number of carbonyl (C=O) groups excluding carboxylic acids is 1. The molecule has 0 unspecified atom stereocenters. The van der Waals surface area contributed by atoms with E-state index in [4.69, 9.17) is 0 Å². The summed E-state index contributed by atoms with van der Waals surface area (Å²) in [6.07, 6.45) is 0. The zero-order valence-electron chi connectivity index (χ0n) is 14.4. The maximum absolute atomic E-state index is 12.5. The quantitative estimate of drug-likeness (QED) is 0.780. The van der Waals surface area contributed by atoms with Gasteiger partial charge in [-0.1, -0.05) is 28.2 Å². The molecule has 1 aliphatic rings. The zero-order chi connectivity index (χ0) is 19.4. The highest BCUT2D eigenvalue weighted by atomic mass is 32.3. The number of nitrogens with zero attached hydrogens (tertiary/aromatic N) is 2. The first-order chi connectivity index (χ1) is 12.8. The van der Waals surface area contributed by atoms with E-state index in [0.717, 1.165) is 5.56 Å². The molecule has 1 aliphatic heterocycles. The van der Waals surface area contributed by atoms with Gasteiger partial charge in [0, 0.05) is 32.7 Å². The van der Waals surface area contributed by atoms with Crippen LogP contribution in [0.3, 0.4) is 0 Å². The number of amides is 1. The summed E-state index contributed by atoms with van der Waals surface area (Å²) in [6.45, 7) is 3.01. The third-order valence-electron chi connectivity index (χ3n) is 4.32. The molecular formula is C18H19FN2O5S. The number of halogens is 1. The highest BCUT2D eigenvalue weighted by molar-refractivity contribution is 7.81. The molecule has 1 N–H and O–H groups in total.